The molecule has 0 radical (unpaired) electrons. The van der Waals surface area contributed by atoms with Crippen LogP contribution >= 0.6 is 0 Å². The van der Waals surface area contributed by atoms with Gasteiger partial charge in [0, 0.05) is 47.0 Å². The minimum Gasteiger partial charge on any atom is -0.465 e. The molecule has 4 heterocycles. The average Bonchev–Trinajstić information content (AvgIpc) is 3.39. The molecule has 0 aliphatic carbocycles. The lowest BCUT2D eigenvalue weighted by Crippen LogP contribution is -2.50. The van der Waals surface area contributed by atoms with Crippen molar-refractivity contribution >= 4 is 22.9 Å². The van der Waals surface area contributed by atoms with Gasteiger partial charge in [-0.2, -0.15) is 13.2 Å². The van der Waals surface area contributed by atoms with Gasteiger partial charge in [-0.25, -0.2) is 14.8 Å². The van der Waals surface area contributed by atoms with Gasteiger partial charge < -0.3 is 29.9 Å². The zero-order chi connectivity index (χ0) is 26.5. The third-order valence-corrected chi connectivity index (χ3v) is 6.39. The summed E-state index contributed by atoms with van der Waals surface area (Å²) < 4.78 is 47.0. The molecule has 5 rings (SSSR count). The Morgan fingerprint density at radius 1 is 1.27 bits per heavy atom. The SMILES string of the molecule is Cc1noc(C)c1-c1ccc2c(-c3nc(N[C@H]4C[C@@H](O)CN(C(=O)O)C4)ncc3C(F)(F)F)c[nH]c2c1. The summed E-state index contributed by atoms with van der Waals surface area (Å²) in [7, 11) is 0. The molecule has 0 spiro atoms. The molecule has 1 fully saturated rings. The van der Waals surface area contributed by atoms with E-state index >= 15 is 0 Å². The molecule has 10 nitrogen and oxygen atoms in total. The van der Waals surface area contributed by atoms with E-state index in [9.17, 15) is 28.2 Å². The van der Waals surface area contributed by atoms with E-state index in [2.05, 4.69) is 25.4 Å². The predicted molar refractivity (Wildman–Crippen MR) is 127 cm³/mol. The quantitative estimate of drug-likeness (QED) is 0.312. The summed E-state index contributed by atoms with van der Waals surface area (Å²) in [4.78, 5) is 23.4. The van der Waals surface area contributed by atoms with Crippen LogP contribution in [0.5, 0.6) is 0 Å². The van der Waals surface area contributed by atoms with E-state index in [0.717, 1.165) is 16.0 Å². The van der Waals surface area contributed by atoms with Gasteiger partial charge in [0.05, 0.1) is 24.0 Å². The van der Waals surface area contributed by atoms with Crippen LogP contribution in [0.25, 0.3) is 33.3 Å². The highest BCUT2D eigenvalue weighted by atomic mass is 19.4. The van der Waals surface area contributed by atoms with Crippen LogP contribution in [0.4, 0.5) is 23.9 Å². The fourth-order valence-electron chi connectivity index (χ4n) is 4.75. The minimum atomic E-state index is -4.71. The first-order valence-corrected chi connectivity index (χ1v) is 11.4. The number of carbonyl (C=O) groups is 1. The monoisotopic (exact) mass is 516 g/mol. The number of aryl methyl sites for hydroxylation is 2. The molecule has 3 aromatic heterocycles. The lowest BCUT2D eigenvalue weighted by atomic mass is 10.0. The van der Waals surface area contributed by atoms with Crippen molar-refractivity contribution in [3.8, 4) is 22.4 Å². The summed E-state index contributed by atoms with van der Waals surface area (Å²) in [5.41, 5.74) is 1.81. The second kappa shape index (κ2) is 9.07. The summed E-state index contributed by atoms with van der Waals surface area (Å²) in [5.74, 6) is 0.526. The number of nitrogens with zero attached hydrogens (tertiary/aromatic N) is 4. The van der Waals surface area contributed by atoms with E-state index in [0.29, 0.717) is 28.6 Å². The van der Waals surface area contributed by atoms with Crippen LogP contribution < -0.4 is 5.32 Å². The fourth-order valence-corrected chi connectivity index (χ4v) is 4.75. The van der Waals surface area contributed by atoms with Gasteiger partial charge in [-0.15, -0.1) is 0 Å². The number of amides is 1. The summed E-state index contributed by atoms with van der Waals surface area (Å²) in [6.07, 6.45) is -4.47. The Morgan fingerprint density at radius 3 is 2.73 bits per heavy atom. The highest BCUT2D eigenvalue weighted by Crippen LogP contribution is 2.40. The van der Waals surface area contributed by atoms with Gasteiger partial charge in [-0.1, -0.05) is 17.3 Å². The number of anilines is 1. The molecule has 4 N–H and O–H groups in total. The maximum Gasteiger partial charge on any atom is 0.419 e. The van der Waals surface area contributed by atoms with Crippen molar-refractivity contribution < 1.29 is 32.7 Å². The zero-order valence-corrected chi connectivity index (χ0v) is 19.8. The van der Waals surface area contributed by atoms with Gasteiger partial charge in [-0.3, -0.25) is 0 Å². The fraction of sp³-hybridized carbons (Fsp3) is 0.333. The molecule has 194 valence electrons. The normalized spacial score (nSPS) is 18.4. The molecule has 1 aliphatic heterocycles. The average molecular weight is 516 g/mol. The number of halogens is 3. The maximum absolute atomic E-state index is 13.9. The van der Waals surface area contributed by atoms with Crippen molar-refractivity contribution in [2.45, 2.75) is 38.6 Å². The van der Waals surface area contributed by atoms with E-state index in [4.69, 9.17) is 4.52 Å². The Bertz CT molecular complexity index is 1460. The van der Waals surface area contributed by atoms with Crippen molar-refractivity contribution in [2.24, 2.45) is 0 Å². The van der Waals surface area contributed by atoms with Gasteiger partial charge in [0.25, 0.3) is 0 Å². The Balaban J connectivity index is 1.53. The van der Waals surface area contributed by atoms with Gasteiger partial charge in [0.1, 0.15) is 11.3 Å². The first-order chi connectivity index (χ1) is 17.5. The van der Waals surface area contributed by atoms with Gasteiger partial charge in [0.15, 0.2) is 0 Å². The highest BCUT2D eigenvalue weighted by molar-refractivity contribution is 5.97. The Kier molecular flexibility index (Phi) is 6.02. The summed E-state index contributed by atoms with van der Waals surface area (Å²) in [6.45, 7) is 3.58. The molecule has 1 amide bonds. The molecule has 0 bridgehead atoms. The summed E-state index contributed by atoms with van der Waals surface area (Å²) >= 11 is 0. The van der Waals surface area contributed by atoms with Crippen molar-refractivity contribution in [1.82, 2.24) is 25.0 Å². The van der Waals surface area contributed by atoms with Gasteiger partial charge in [0.2, 0.25) is 5.95 Å². The van der Waals surface area contributed by atoms with E-state index in [1.807, 2.05) is 13.0 Å². The minimum absolute atomic E-state index is 0.0314. The van der Waals surface area contributed by atoms with Crippen LogP contribution in [0.15, 0.2) is 35.1 Å². The second-order valence-electron chi connectivity index (χ2n) is 9.03. The number of piperidine rings is 1. The number of aromatic nitrogens is 4. The molecular weight excluding hydrogens is 493 g/mol. The van der Waals surface area contributed by atoms with E-state index < -0.39 is 30.0 Å². The van der Waals surface area contributed by atoms with Crippen LogP contribution in [0.2, 0.25) is 0 Å². The number of hydrogen-bond donors (Lipinski definition) is 4. The summed E-state index contributed by atoms with van der Waals surface area (Å²) in [5, 5.41) is 26.7. The van der Waals surface area contributed by atoms with E-state index in [1.165, 1.54) is 6.20 Å². The number of hydrogen-bond acceptors (Lipinski definition) is 7. The Labute approximate surface area is 208 Å². The Morgan fingerprint density at radius 2 is 2.05 bits per heavy atom. The van der Waals surface area contributed by atoms with Crippen molar-refractivity contribution in [1.29, 1.82) is 0 Å². The van der Waals surface area contributed by atoms with Crippen LogP contribution in [0.1, 0.15) is 23.4 Å². The summed E-state index contributed by atoms with van der Waals surface area (Å²) in [6, 6.07) is 4.72. The number of aliphatic hydroxyl groups excluding tert-OH is 1. The molecule has 0 saturated carbocycles. The number of H-pyrrole nitrogens is 1. The molecule has 37 heavy (non-hydrogen) atoms. The number of aliphatic hydroxyl groups is 1. The number of β-amino-alcohol motifs (C(OH)–C–C–N with tert-alkyl or cyclic N) is 1. The molecule has 2 atom stereocenters. The molecule has 1 aromatic carbocycles. The second-order valence-corrected chi connectivity index (χ2v) is 9.03. The van der Waals surface area contributed by atoms with Crippen LogP contribution in [0.3, 0.4) is 0 Å². The number of fused-ring (bicyclic) bond motifs is 1. The number of likely N-dealkylation sites (tertiary alicyclic amines) is 1. The van der Waals surface area contributed by atoms with Crippen molar-refractivity contribution in [3.05, 3.63) is 47.6 Å². The number of alkyl halides is 3. The maximum atomic E-state index is 13.9. The van der Waals surface area contributed by atoms with Crippen LogP contribution in [0, 0.1) is 13.8 Å². The molecule has 0 unspecified atom stereocenters. The zero-order valence-electron chi connectivity index (χ0n) is 19.8. The van der Waals surface area contributed by atoms with Crippen molar-refractivity contribution in [2.75, 3.05) is 18.4 Å². The third-order valence-electron chi connectivity index (χ3n) is 6.39. The predicted octanol–water partition coefficient (Wildman–Crippen LogP) is 4.44. The standard InChI is InChI=1S/C24H23F3N6O4/c1-11-20(12(2)37-32-11)13-3-4-16-17(7-28-19(16)5-13)21-18(24(25,26)27)8-29-22(31-21)30-14-6-15(34)10-33(9-14)23(35)36/h3-5,7-8,14-15,28,34H,6,9-10H2,1-2H3,(H,35,36)(H,29,30,31)/t14-,15+/m0/s1. The number of rotatable bonds is 4. The highest BCUT2D eigenvalue weighted by Gasteiger charge is 2.36. The molecule has 1 aliphatic rings. The lowest BCUT2D eigenvalue weighted by Gasteiger charge is -2.34. The van der Waals surface area contributed by atoms with Crippen LogP contribution in [-0.4, -0.2) is 66.6 Å². The lowest BCUT2D eigenvalue weighted by molar-refractivity contribution is -0.137. The number of carboxylic acid groups (broad SMARTS) is 1. The van der Waals surface area contributed by atoms with E-state index in [1.54, 1.807) is 19.1 Å². The molecule has 13 heteroatoms. The molecule has 1 saturated heterocycles. The van der Waals surface area contributed by atoms with E-state index in [-0.39, 0.29) is 36.7 Å². The van der Waals surface area contributed by atoms with Gasteiger partial charge in [-0.05, 0) is 31.9 Å². The Hall–Kier alpha value is -4.13. The first-order valence-electron chi connectivity index (χ1n) is 11.4. The third kappa shape index (κ3) is 4.69. The van der Waals surface area contributed by atoms with Gasteiger partial charge >= 0.3 is 12.3 Å². The number of benzene rings is 1. The topological polar surface area (TPSA) is 140 Å². The van der Waals surface area contributed by atoms with Crippen LogP contribution in [-0.2, 0) is 6.18 Å². The molecule has 4 aromatic rings. The van der Waals surface area contributed by atoms with Crippen molar-refractivity contribution in [3.63, 3.8) is 0 Å². The smallest absolute Gasteiger partial charge is 0.419 e. The number of nitrogens with one attached hydrogen (secondary N) is 2. The number of aromatic amines is 1. The first kappa shape index (κ1) is 24.6. The largest absolute Gasteiger partial charge is 0.465 e. The molecular formula is C24H23F3N6O4.